The molecule has 2 aliphatic heterocycles. The SMILES string of the molecule is CC.O=[N+]([O-])c1ccc(N2CCCC2)c(OCC(O)CN2CCCC2)c1. The number of non-ortho nitro benzene ring substituents is 1. The fraction of sp³-hybridized carbons (Fsp3) is 0.684. The van der Waals surface area contributed by atoms with E-state index < -0.39 is 11.0 Å². The lowest BCUT2D eigenvalue weighted by Gasteiger charge is -2.23. The number of hydrogen-bond donors (Lipinski definition) is 1. The minimum atomic E-state index is -0.589. The fourth-order valence-electron chi connectivity index (χ4n) is 3.45. The Hall–Kier alpha value is -1.86. The average Bonchev–Trinajstić information content (AvgIpc) is 3.35. The zero-order valence-corrected chi connectivity index (χ0v) is 15.9. The molecule has 0 aromatic heterocycles. The first kappa shape index (κ1) is 20.5. The molecular weight excluding hydrogens is 334 g/mol. The van der Waals surface area contributed by atoms with Crippen molar-refractivity contribution in [2.45, 2.75) is 45.6 Å². The summed E-state index contributed by atoms with van der Waals surface area (Å²) in [4.78, 5) is 15.0. The monoisotopic (exact) mass is 365 g/mol. The van der Waals surface area contributed by atoms with Crippen LogP contribution in [0.1, 0.15) is 39.5 Å². The summed E-state index contributed by atoms with van der Waals surface area (Å²) in [6, 6.07) is 4.74. The molecule has 0 saturated carbocycles. The lowest BCUT2D eigenvalue weighted by Crippen LogP contribution is -2.33. The van der Waals surface area contributed by atoms with Crippen molar-refractivity contribution in [3.63, 3.8) is 0 Å². The van der Waals surface area contributed by atoms with Crippen molar-refractivity contribution in [3.8, 4) is 5.75 Å². The van der Waals surface area contributed by atoms with Crippen molar-refractivity contribution in [2.24, 2.45) is 0 Å². The molecule has 1 atom stereocenters. The van der Waals surface area contributed by atoms with Gasteiger partial charge in [0.15, 0.2) is 0 Å². The van der Waals surface area contributed by atoms with E-state index in [2.05, 4.69) is 9.80 Å². The van der Waals surface area contributed by atoms with E-state index in [0.717, 1.165) is 44.7 Å². The molecule has 2 fully saturated rings. The summed E-state index contributed by atoms with van der Waals surface area (Å²) in [6.45, 7) is 8.65. The van der Waals surface area contributed by atoms with Crippen LogP contribution in [-0.4, -0.2) is 60.4 Å². The number of nitro groups is 1. The largest absolute Gasteiger partial charge is 0.488 e. The number of nitro benzene ring substituents is 1. The van der Waals surface area contributed by atoms with E-state index in [1.165, 1.54) is 25.0 Å². The van der Waals surface area contributed by atoms with E-state index in [0.29, 0.717) is 12.3 Å². The number of aliphatic hydroxyl groups is 1. The number of rotatable bonds is 7. The van der Waals surface area contributed by atoms with Gasteiger partial charge in [-0.05, 0) is 44.8 Å². The van der Waals surface area contributed by atoms with Gasteiger partial charge in [-0.1, -0.05) is 13.8 Å². The van der Waals surface area contributed by atoms with Crippen LogP contribution in [0.25, 0.3) is 0 Å². The van der Waals surface area contributed by atoms with Crippen LogP contribution in [0.5, 0.6) is 5.75 Å². The Morgan fingerprint density at radius 2 is 1.77 bits per heavy atom. The second kappa shape index (κ2) is 10.3. The fourth-order valence-corrected chi connectivity index (χ4v) is 3.45. The van der Waals surface area contributed by atoms with Crippen molar-refractivity contribution in [2.75, 3.05) is 44.2 Å². The van der Waals surface area contributed by atoms with Crippen molar-refractivity contribution in [1.29, 1.82) is 0 Å². The van der Waals surface area contributed by atoms with Crippen LogP contribution in [0, 0.1) is 10.1 Å². The van der Waals surface area contributed by atoms with E-state index in [-0.39, 0.29) is 12.3 Å². The molecule has 0 radical (unpaired) electrons. The van der Waals surface area contributed by atoms with Crippen molar-refractivity contribution in [3.05, 3.63) is 28.3 Å². The minimum Gasteiger partial charge on any atom is -0.488 e. The van der Waals surface area contributed by atoms with Crippen LogP contribution in [0.15, 0.2) is 18.2 Å². The van der Waals surface area contributed by atoms with Crippen molar-refractivity contribution < 1.29 is 14.8 Å². The zero-order valence-electron chi connectivity index (χ0n) is 15.9. The van der Waals surface area contributed by atoms with Gasteiger partial charge in [-0.3, -0.25) is 10.1 Å². The highest BCUT2D eigenvalue weighted by Crippen LogP contribution is 2.34. The summed E-state index contributed by atoms with van der Waals surface area (Å²) in [5.41, 5.74) is 0.897. The molecule has 7 nitrogen and oxygen atoms in total. The number of likely N-dealkylation sites (tertiary alicyclic amines) is 1. The summed E-state index contributed by atoms with van der Waals surface area (Å²) in [5.74, 6) is 0.492. The predicted molar refractivity (Wildman–Crippen MR) is 103 cm³/mol. The summed E-state index contributed by atoms with van der Waals surface area (Å²) in [6.07, 6.45) is 4.01. The summed E-state index contributed by atoms with van der Waals surface area (Å²) in [5, 5.41) is 21.2. The number of anilines is 1. The Bertz CT molecular complexity index is 570. The van der Waals surface area contributed by atoms with Crippen LogP contribution in [0.3, 0.4) is 0 Å². The molecule has 0 spiro atoms. The number of aliphatic hydroxyl groups excluding tert-OH is 1. The molecule has 26 heavy (non-hydrogen) atoms. The van der Waals surface area contributed by atoms with Gasteiger partial charge in [0.05, 0.1) is 16.7 Å². The third kappa shape index (κ3) is 5.57. The van der Waals surface area contributed by atoms with Gasteiger partial charge in [0.1, 0.15) is 18.5 Å². The molecule has 7 heteroatoms. The molecule has 2 aliphatic rings. The summed E-state index contributed by atoms with van der Waals surface area (Å²) < 4.78 is 5.79. The Morgan fingerprint density at radius 3 is 2.38 bits per heavy atom. The molecule has 146 valence electrons. The molecule has 2 saturated heterocycles. The molecule has 0 aliphatic carbocycles. The highest BCUT2D eigenvalue weighted by Gasteiger charge is 2.21. The Balaban J connectivity index is 0.00000117. The van der Waals surface area contributed by atoms with Crippen LogP contribution in [-0.2, 0) is 0 Å². The number of nitrogens with zero attached hydrogens (tertiary/aromatic N) is 3. The van der Waals surface area contributed by atoms with Gasteiger partial charge in [0.25, 0.3) is 5.69 Å². The number of ether oxygens (including phenoxy) is 1. The maximum atomic E-state index is 11.0. The van der Waals surface area contributed by atoms with Gasteiger partial charge in [0, 0.05) is 25.7 Å². The molecule has 1 N–H and O–H groups in total. The van der Waals surface area contributed by atoms with Crippen LogP contribution in [0.4, 0.5) is 11.4 Å². The van der Waals surface area contributed by atoms with E-state index in [9.17, 15) is 15.2 Å². The molecule has 3 rings (SSSR count). The predicted octanol–water partition coefficient (Wildman–Crippen LogP) is 3.06. The quantitative estimate of drug-likeness (QED) is 0.591. The molecule has 0 amide bonds. The van der Waals surface area contributed by atoms with Crippen molar-refractivity contribution >= 4 is 11.4 Å². The first-order valence-electron chi connectivity index (χ1n) is 9.70. The van der Waals surface area contributed by atoms with Gasteiger partial charge in [-0.25, -0.2) is 0 Å². The van der Waals surface area contributed by atoms with E-state index in [1.54, 1.807) is 6.07 Å². The Kier molecular flexibility index (Phi) is 8.12. The van der Waals surface area contributed by atoms with Gasteiger partial charge in [0.2, 0.25) is 0 Å². The maximum absolute atomic E-state index is 11.0. The van der Waals surface area contributed by atoms with E-state index in [1.807, 2.05) is 13.8 Å². The normalized spacial score (nSPS) is 18.3. The Morgan fingerprint density at radius 1 is 1.15 bits per heavy atom. The molecular formula is C19H31N3O4. The number of hydrogen-bond acceptors (Lipinski definition) is 6. The smallest absolute Gasteiger partial charge is 0.273 e. The minimum absolute atomic E-state index is 0.0157. The molecule has 2 heterocycles. The van der Waals surface area contributed by atoms with Crippen LogP contribution >= 0.6 is 0 Å². The Labute approximate surface area is 155 Å². The number of benzene rings is 1. The molecule has 1 aromatic rings. The van der Waals surface area contributed by atoms with Gasteiger partial charge >= 0.3 is 0 Å². The molecule has 0 bridgehead atoms. The van der Waals surface area contributed by atoms with Gasteiger partial charge in [-0.15, -0.1) is 0 Å². The van der Waals surface area contributed by atoms with E-state index in [4.69, 9.17) is 4.74 Å². The molecule has 1 unspecified atom stereocenters. The number of β-amino-alcohol motifs (C(OH)–C–C–N with tert-alkyl or cyclic N) is 1. The second-order valence-corrected chi connectivity index (χ2v) is 6.58. The third-order valence-electron chi connectivity index (χ3n) is 4.70. The first-order valence-corrected chi connectivity index (χ1v) is 9.70. The van der Waals surface area contributed by atoms with Crippen LogP contribution in [0.2, 0.25) is 0 Å². The second-order valence-electron chi connectivity index (χ2n) is 6.58. The lowest BCUT2D eigenvalue weighted by molar-refractivity contribution is -0.384. The lowest BCUT2D eigenvalue weighted by atomic mass is 10.2. The third-order valence-corrected chi connectivity index (χ3v) is 4.70. The highest BCUT2D eigenvalue weighted by atomic mass is 16.6. The van der Waals surface area contributed by atoms with Crippen molar-refractivity contribution in [1.82, 2.24) is 4.90 Å². The summed E-state index contributed by atoms with van der Waals surface area (Å²) in [7, 11) is 0. The topological polar surface area (TPSA) is 79.1 Å². The first-order chi connectivity index (χ1) is 12.6. The van der Waals surface area contributed by atoms with Crippen LogP contribution < -0.4 is 9.64 Å². The molecule has 1 aromatic carbocycles. The maximum Gasteiger partial charge on any atom is 0.273 e. The summed E-state index contributed by atoms with van der Waals surface area (Å²) >= 11 is 0. The highest BCUT2D eigenvalue weighted by molar-refractivity contribution is 5.62. The van der Waals surface area contributed by atoms with Gasteiger partial charge in [-0.2, -0.15) is 0 Å². The zero-order chi connectivity index (χ0) is 18.9. The van der Waals surface area contributed by atoms with E-state index >= 15 is 0 Å². The standard InChI is InChI=1S/C17H25N3O4.C2H6/c21-15(12-18-7-1-2-8-18)13-24-17-11-14(20(22)23)5-6-16(17)19-9-3-4-10-19;1-2/h5-6,11,15,21H,1-4,7-10,12-13H2;1-2H3. The van der Waals surface area contributed by atoms with Gasteiger partial charge < -0.3 is 19.6 Å². The average molecular weight is 365 g/mol.